The van der Waals surface area contributed by atoms with Gasteiger partial charge in [-0.3, -0.25) is 14.4 Å². The van der Waals surface area contributed by atoms with Gasteiger partial charge in [-0.2, -0.15) is 11.3 Å². The number of carbonyl (C=O) groups excluding carboxylic acids is 3. The van der Waals surface area contributed by atoms with E-state index in [0.717, 1.165) is 16.0 Å². The molecule has 5 aromatic rings. The minimum absolute atomic E-state index is 0.124. The van der Waals surface area contributed by atoms with Crippen LogP contribution < -0.4 is 16.0 Å². The largest absolute Gasteiger partial charge is 0.321 e. The van der Waals surface area contributed by atoms with E-state index in [4.69, 9.17) is 0 Å². The highest BCUT2D eigenvalue weighted by Crippen LogP contribution is 2.37. The maximum absolute atomic E-state index is 13.2. The highest BCUT2D eigenvalue weighted by molar-refractivity contribution is 8.00. The average molecular weight is 597 g/mol. The number of thiophene rings is 1. The summed E-state index contributed by atoms with van der Waals surface area (Å²) in [5, 5.41) is 14.1. The zero-order chi connectivity index (χ0) is 28.4. The lowest BCUT2D eigenvalue weighted by molar-refractivity contribution is -0.116. The van der Waals surface area contributed by atoms with Crippen LogP contribution in [0.1, 0.15) is 26.7 Å². The molecule has 0 aliphatic heterocycles. The molecule has 3 aromatic carbocycles. The van der Waals surface area contributed by atoms with Crippen LogP contribution in [0.2, 0.25) is 0 Å². The maximum atomic E-state index is 13.2. The summed E-state index contributed by atoms with van der Waals surface area (Å²) in [4.78, 5) is 44.2. The molecule has 0 saturated heterocycles. The number of hydrogen-bond acceptors (Lipinski definition) is 7. The van der Waals surface area contributed by atoms with E-state index < -0.39 is 11.2 Å². The maximum Gasteiger partial charge on any atom is 0.272 e. The molecule has 0 aliphatic carbocycles. The van der Waals surface area contributed by atoms with Gasteiger partial charge in [-0.25, -0.2) is 4.98 Å². The lowest BCUT2D eigenvalue weighted by atomic mass is 10.1. The van der Waals surface area contributed by atoms with Gasteiger partial charge in [0, 0.05) is 27.7 Å². The number of aromatic nitrogens is 1. The van der Waals surface area contributed by atoms with E-state index >= 15 is 0 Å². The molecule has 2 aromatic heterocycles. The van der Waals surface area contributed by atoms with E-state index in [2.05, 4.69) is 20.9 Å². The third-order valence-corrected chi connectivity index (χ3v) is 8.41. The van der Waals surface area contributed by atoms with Crippen LogP contribution in [0.25, 0.3) is 6.08 Å². The quantitative estimate of drug-likeness (QED) is 0.118. The molecule has 0 spiro atoms. The van der Waals surface area contributed by atoms with E-state index in [-0.39, 0.29) is 17.5 Å². The zero-order valence-corrected chi connectivity index (χ0v) is 24.0. The van der Waals surface area contributed by atoms with E-state index in [0.29, 0.717) is 16.4 Å². The highest BCUT2D eigenvalue weighted by atomic mass is 32.2. The number of benzene rings is 3. The van der Waals surface area contributed by atoms with Crippen molar-refractivity contribution in [3.05, 3.63) is 136 Å². The molecule has 1 unspecified atom stereocenters. The molecule has 2 heterocycles. The molecule has 0 radical (unpaired) electrons. The van der Waals surface area contributed by atoms with Gasteiger partial charge in [0.25, 0.3) is 11.8 Å². The Morgan fingerprint density at radius 1 is 0.829 bits per heavy atom. The van der Waals surface area contributed by atoms with Crippen molar-refractivity contribution in [3.8, 4) is 0 Å². The van der Waals surface area contributed by atoms with Gasteiger partial charge in [-0.1, -0.05) is 48.5 Å². The van der Waals surface area contributed by atoms with Gasteiger partial charge in [-0.05, 0) is 70.4 Å². The molecule has 3 N–H and O–H groups in total. The van der Waals surface area contributed by atoms with Crippen LogP contribution in [0.3, 0.4) is 0 Å². The molecule has 0 saturated carbocycles. The Kier molecular flexibility index (Phi) is 9.37. The second-order valence-corrected chi connectivity index (χ2v) is 11.5. The molecular weight excluding hydrogens is 573 g/mol. The standard InChI is InChI=1S/C31H24N4O3S3/c36-28(23-9-5-2-6-10-23)34-26(19-21-15-17-39-20-21)29(37)33-24-11-13-25(14-12-24)41-27(22-7-3-1-4-8-22)30(38)35-31-32-16-18-40-31/h1-20,27H,(H,33,37)(H,34,36)(H,32,35,38)/b26-19-. The summed E-state index contributed by atoms with van der Waals surface area (Å²) in [6.07, 6.45) is 3.29. The first-order chi connectivity index (χ1) is 20.0. The van der Waals surface area contributed by atoms with Crippen LogP contribution in [0.5, 0.6) is 0 Å². The van der Waals surface area contributed by atoms with E-state index in [1.165, 1.54) is 34.4 Å². The van der Waals surface area contributed by atoms with Crippen molar-refractivity contribution in [3.63, 3.8) is 0 Å². The monoisotopic (exact) mass is 596 g/mol. The van der Waals surface area contributed by atoms with Crippen LogP contribution in [-0.4, -0.2) is 22.7 Å². The predicted octanol–water partition coefficient (Wildman–Crippen LogP) is 7.09. The third kappa shape index (κ3) is 7.79. The Morgan fingerprint density at radius 3 is 2.22 bits per heavy atom. The number of nitrogens with one attached hydrogen (secondary N) is 3. The molecule has 7 nitrogen and oxygen atoms in total. The van der Waals surface area contributed by atoms with Crippen molar-refractivity contribution in [2.75, 3.05) is 10.6 Å². The second kappa shape index (κ2) is 13.7. The molecule has 10 heteroatoms. The van der Waals surface area contributed by atoms with Crippen LogP contribution in [0, 0.1) is 0 Å². The summed E-state index contributed by atoms with van der Waals surface area (Å²) in [6, 6.07) is 27.4. The third-order valence-electron chi connectivity index (χ3n) is 5.75. The van der Waals surface area contributed by atoms with Gasteiger partial charge in [0.1, 0.15) is 10.9 Å². The highest BCUT2D eigenvalue weighted by Gasteiger charge is 2.23. The zero-order valence-electron chi connectivity index (χ0n) is 21.5. The smallest absolute Gasteiger partial charge is 0.272 e. The summed E-state index contributed by atoms with van der Waals surface area (Å²) in [5.41, 5.74) is 2.79. The minimum atomic E-state index is -0.506. The summed E-state index contributed by atoms with van der Waals surface area (Å²) in [6.45, 7) is 0. The number of amides is 3. The number of anilines is 2. The Labute approximate surface area is 249 Å². The molecule has 1 atom stereocenters. The van der Waals surface area contributed by atoms with Crippen LogP contribution in [-0.2, 0) is 9.59 Å². The lowest BCUT2D eigenvalue weighted by Gasteiger charge is -2.16. The Balaban J connectivity index is 1.30. The number of hydrogen-bond donors (Lipinski definition) is 3. The summed E-state index contributed by atoms with van der Waals surface area (Å²) < 4.78 is 0. The molecule has 5 rings (SSSR count). The topological polar surface area (TPSA) is 100 Å². The molecular formula is C31H24N4O3S3. The minimum Gasteiger partial charge on any atom is -0.321 e. The normalized spacial score (nSPS) is 11.9. The van der Waals surface area contributed by atoms with Gasteiger partial charge in [-0.15, -0.1) is 23.1 Å². The first kappa shape index (κ1) is 28.0. The van der Waals surface area contributed by atoms with Crippen molar-refractivity contribution >= 4 is 69.1 Å². The van der Waals surface area contributed by atoms with Crippen LogP contribution in [0.15, 0.2) is 124 Å². The van der Waals surface area contributed by atoms with Crippen molar-refractivity contribution in [2.45, 2.75) is 10.1 Å². The van der Waals surface area contributed by atoms with E-state index in [9.17, 15) is 14.4 Å². The molecule has 0 aliphatic rings. The van der Waals surface area contributed by atoms with Crippen LogP contribution in [0.4, 0.5) is 10.8 Å². The average Bonchev–Trinajstić information content (AvgIpc) is 3.72. The fraction of sp³-hybridized carbons (Fsp3) is 0.0323. The fourth-order valence-corrected chi connectivity index (χ4v) is 5.95. The summed E-state index contributed by atoms with van der Waals surface area (Å²) in [5.74, 6) is -1.01. The van der Waals surface area contributed by atoms with Crippen molar-refractivity contribution in [2.24, 2.45) is 0 Å². The second-order valence-electron chi connectivity index (χ2n) is 8.65. The Hall–Kier alpha value is -4.51. The van der Waals surface area contributed by atoms with Crippen molar-refractivity contribution in [1.82, 2.24) is 10.3 Å². The lowest BCUT2D eigenvalue weighted by Crippen LogP contribution is -2.30. The van der Waals surface area contributed by atoms with Crippen molar-refractivity contribution < 1.29 is 14.4 Å². The number of thiazole rings is 1. The first-order valence-corrected chi connectivity index (χ1v) is 15.2. The van der Waals surface area contributed by atoms with E-state index in [1.54, 1.807) is 54.1 Å². The molecule has 41 heavy (non-hydrogen) atoms. The molecule has 204 valence electrons. The Bertz CT molecular complexity index is 1620. The number of nitrogens with zero attached hydrogens (tertiary/aromatic N) is 1. The number of rotatable bonds is 10. The fourth-order valence-electron chi connectivity index (χ4n) is 3.77. The van der Waals surface area contributed by atoms with Crippen molar-refractivity contribution in [1.29, 1.82) is 0 Å². The van der Waals surface area contributed by atoms with Gasteiger partial charge in [0.2, 0.25) is 5.91 Å². The van der Waals surface area contributed by atoms with Crippen LogP contribution >= 0.6 is 34.4 Å². The number of thioether (sulfide) groups is 1. The molecule has 0 bridgehead atoms. The van der Waals surface area contributed by atoms with Gasteiger partial charge < -0.3 is 16.0 Å². The summed E-state index contributed by atoms with van der Waals surface area (Å²) in [7, 11) is 0. The predicted molar refractivity (Wildman–Crippen MR) is 167 cm³/mol. The first-order valence-electron chi connectivity index (χ1n) is 12.5. The molecule has 0 fully saturated rings. The Morgan fingerprint density at radius 2 is 1.56 bits per heavy atom. The van der Waals surface area contributed by atoms with Gasteiger partial charge >= 0.3 is 0 Å². The SMILES string of the molecule is O=C(Nc1ccc(SC(C(=O)Nc2nccs2)c2ccccc2)cc1)/C(=C/c1ccsc1)NC(=O)c1ccccc1. The van der Waals surface area contributed by atoms with Gasteiger partial charge in [0.05, 0.1) is 0 Å². The summed E-state index contributed by atoms with van der Waals surface area (Å²) >= 11 is 4.26. The van der Waals surface area contributed by atoms with Gasteiger partial charge in [0.15, 0.2) is 5.13 Å². The van der Waals surface area contributed by atoms with E-state index in [1.807, 2.05) is 65.4 Å². The number of carbonyl (C=O) groups is 3. The molecule has 3 amide bonds.